The highest BCUT2D eigenvalue weighted by Crippen LogP contribution is 2.31. The molecule has 0 aliphatic rings. The lowest BCUT2D eigenvalue weighted by atomic mass is 10.2. The zero-order chi connectivity index (χ0) is 15.7. The molecule has 0 fully saturated rings. The number of benzene rings is 1. The largest absolute Gasteiger partial charge is 0.416 e. The minimum Gasteiger partial charge on any atom is -0.398 e. The van der Waals surface area contributed by atoms with Gasteiger partial charge in [0.2, 0.25) is 0 Å². The smallest absolute Gasteiger partial charge is 0.398 e. The van der Waals surface area contributed by atoms with Crippen molar-refractivity contribution in [2.45, 2.75) is 11.1 Å². The molecule has 0 aliphatic heterocycles. The number of nitrogens with one attached hydrogen (secondary N) is 1. The SMILES string of the molecule is Nc1ccncc1S(=O)(=O)Nc1cccc(C(F)(F)F)c1. The number of anilines is 2. The van der Waals surface area contributed by atoms with Crippen LogP contribution in [0.1, 0.15) is 5.56 Å². The quantitative estimate of drug-likeness (QED) is 0.911. The van der Waals surface area contributed by atoms with Crippen molar-refractivity contribution in [3.63, 3.8) is 0 Å². The fraction of sp³-hybridized carbons (Fsp3) is 0.0833. The Morgan fingerprint density at radius 1 is 1.19 bits per heavy atom. The molecule has 0 bridgehead atoms. The van der Waals surface area contributed by atoms with E-state index < -0.39 is 21.8 Å². The lowest BCUT2D eigenvalue weighted by molar-refractivity contribution is -0.137. The number of hydrogen-bond acceptors (Lipinski definition) is 4. The molecule has 21 heavy (non-hydrogen) atoms. The minimum atomic E-state index is -4.56. The van der Waals surface area contributed by atoms with Gasteiger partial charge < -0.3 is 5.73 Å². The van der Waals surface area contributed by atoms with Gasteiger partial charge in [-0.1, -0.05) is 6.07 Å². The van der Waals surface area contributed by atoms with E-state index in [1.54, 1.807) is 0 Å². The second-order valence-corrected chi connectivity index (χ2v) is 5.75. The summed E-state index contributed by atoms with van der Waals surface area (Å²) < 4.78 is 63.9. The maximum atomic E-state index is 12.6. The third-order valence-corrected chi connectivity index (χ3v) is 3.97. The molecule has 0 radical (unpaired) electrons. The summed E-state index contributed by atoms with van der Waals surface area (Å²) in [5.74, 6) is 0. The highest BCUT2D eigenvalue weighted by molar-refractivity contribution is 7.92. The van der Waals surface area contributed by atoms with E-state index in [0.717, 1.165) is 18.3 Å². The van der Waals surface area contributed by atoms with Crippen molar-refractivity contribution in [3.05, 3.63) is 48.3 Å². The molecule has 1 aromatic heterocycles. The van der Waals surface area contributed by atoms with Crippen molar-refractivity contribution in [3.8, 4) is 0 Å². The van der Waals surface area contributed by atoms with Gasteiger partial charge >= 0.3 is 6.18 Å². The van der Waals surface area contributed by atoms with Gasteiger partial charge in [-0.25, -0.2) is 8.42 Å². The molecule has 1 aromatic carbocycles. The zero-order valence-electron chi connectivity index (χ0n) is 10.4. The maximum Gasteiger partial charge on any atom is 0.416 e. The highest BCUT2D eigenvalue weighted by atomic mass is 32.2. The van der Waals surface area contributed by atoms with E-state index in [0.29, 0.717) is 6.07 Å². The predicted octanol–water partition coefficient (Wildman–Crippen LogP) is 2.48. The van der Waals surface area contributed by atoms with E-state index in [1.807, 2.05) is 4.72 Å². The van der Waals surface area contributed by atoms with E-state index in [-0.39, 0.29) is 16.3 Å². The summed E-state index contributed by atoms with van der Waals surface area (Å²) in [7, 11) is -4.11. The van der Waals surface area contributed by atoms with Gasteiger partial charge in [-0.2, -0.15) is 13.2 Å². The first-order valence-corrected chi connectivity index (χ1v) is 7.08. The van der Waals surface area contributed by atoms with Gasteiger partial charge in [-0.3, -0.25) is 9.71 Å². The maximum absolute atomic E-state index is 12.6. The van der Waals surface area contributed by atoms with Crippen LogP contribution in [-0.4, -0.2) is 13.4 Å². The zero-order valence-corrected chi connectivity index (χ0v) is 11.2. The van der Waals surface area contributed by atoms with E-state index >= 15 is 0 Å². The summed E-state index contributed by atoms with van der Waals surface area (Å²) in [6, 6.07) is 5.13. The molecular weight excluding hydrogens is 307 g/mol. The van der Waals surface area contributed by atoms with Gasteiger partial charge in [-0.15, -0.1) is 0 Å². The number of pyridine rings is 1. The summed E-state index contributed by atoms with van der Waals surface area (Å²) in [5, 5.41) is 0. The Balaban J connectivity index is 2.36. The van der Waals surface area contributed by atoms with Gasteiger partial charge in [0, 0.05) is 18.1 Å². The Kier molecular flexibility index (Phi) is 3.77. The van der Waals surface area contributed by atoms with Crippen LogP contribution in [0.25, 0.3) is 0 Å². The normalized spacial score (nSPS) is 12.1. The number of hydrogen-bond donors (Lipinski definition) is 2. The summed E-state index contributed by atoms with van der Waals surface area (Å²) in [6.07, 6.45) is -2.24. The fourth-order valence-corrected chi connectivity index (χ4v) is 2.71. The molecule has 9 heteroatoms. The van der Waals surface area contributed by atoms with Crippen molar-refractivity contribution in [1.82, 2.24) is 4.98 Å². The van der Waals surface area contributed by atoms with E-state index in [4.69, 9.17) is 5.73 Å². The molecule has 2 aromatic rings. The van der Waals surface area contributed by atoms with Gasteiger partial charge in [-0.05, 0) is 24.3 Å². The number of nitrogens with zero attached hydrogens (tertiary/aromatic N) is 1. The van der Waals surface area contributed by atoms with Gasteiger partial charge in [0.1, 0.15) is 4.90 Å². The fourth-order valence-electron chi connectivity index (χ4n) is 1.58. The van der Waals surface area contributed by atoms with Gasteiger partial charge in [0.05, 0.1) is 11.3 Å². The molecule has 0 unspecified atom stereocenters. The lowest BCUT2D eigenvalue weighted by Gasteiger charge is -2.12. The second kappa shape index (κ2) is 5.24. The van der Waals surface area contributed by atoms with Crippen molar-refractivity contribution >= 4 is 21.4 Å². The molecule has 2 rings (SSSR count). The first-order chi connectivity index (χ1) is 9.70. The Hall–Kier alpha value is -2.29. The summed E-state index contributed by atoms with van der Waals surface area (Å²) in [4.78, 5) is 3.33. The van der Waals surface area contributed by atoms with Crippen LogP contribution in [0.2, 0.25) is 0 Å². The van der Waals surface area contributed by atoms with E-state index in [1.165, 1.54) is 18.3 Å². The average Bonchev–Trinajstić information content (AvgIpc) is 2.37. The first-order valence-electron chi connectivity index (χ1n) is 5.60. The van der Waals surface area contributed by atoms with Crippen LogP contribution in [0.15, 0.2) is 47.6 Å². The molecule has 0 saturated heterocycles. The molecule has 0 atom stereocenters. The second-order valence-electron chi connectivity index (χ2n) is 4.10. The summed E-state index contributed by atoms with van der Waals surface area (Å²) >= 11 is 0. The molecule has 0 aliphatic carbocycles. The van der Waals surface area contributed by atoms with Crippen LogP contribution in [0.4, 0.5) is 24.5 Å². The molecule has 3 N–H and O–H groups in total. The summed E-state index contributed by atoms with van der Waals surface area (Å²) in [6.45, 7) is 0. The standard InChI is InChI=1S/C12H10F3N3O2S/c13-12(14,15)8-2-1-3-9(6-8)18-21(19,20)11-7-17-5-4-10(11)16/h1-7,18H,(H2,16,17). The highest BCUT2D eigenvalue weighted by Gasteiger charge is 2.30. The topological polar surface area (TPSA) is 85.1 Å². The predicted molar refractivity (Wildman–Crippen MR) is 70.9 cm³/mol. The molecule has 1 heterocycles. The van der Waals surface area contributed by atoms with Gasteiger partial charge in [0.25, 0.3) is 10.0 Å². The van der Waals surface area contributed by atoms with Crippen molar-refractivity contribution in [1.29, 1.82) is 0 Å². The van der Waals surface area contributed by atoms with Crippen LogP contribution in [0.3, 0.4) is 0 Å². The van der Waals surface area contributed by atoms with Crippen LogP contribution in [-0.2, 0) is 16.2 Å². The minimum absolute atomic E-state index is 0.0514. The molecule has 0 saturated carbocycles. The molecule has 112 valence electrons. The first kappa shape index (κ1) is 15.1. The number of rotatable bonds is 3. The summed E-state index contributed by atoms with van der Waals surface area (Å²) in [5.41, 5.74) is 4.30. The third kappa shape index (κ3) is 3.43. The van der Waals surface area contributed by atoms with E-state index in [2.05, 4.69) is 4.98 Å². The van der Waals surface area contributed by atoms with Gasteiger partial charge in [0.15, 0.2) is 0 Å². The number of nitrogen functional groups attached to an aromatic ring is 1. The number of sulfonamides is 1. The Morgan fingerprint density at radius 3 is 2.52 bits per heavy atom. The third-order valence-electron chi connectivity index (χ3n) is 2.55. The molecule has 0 spiro atoms. The van der Waals surface area contributed by atoms with Crippen LogP contribution in [0, 0.1) is 0 Å². The Labute approximate surface area is 118 Å². The Bertz CT molecular complexity index is 760. The van der Waals surface area contributed by atoms with Crippen LogP contribution < -0.4 is 10.5 Å². The molecular formula is C12H10F3N3O2S. The number of aromatic nitrogens is 1. The van der Waals surface area contributed by atoms with Crippen molar-refractivity contribution < 1.29 is 21.6 Å². The molecule has 0 amide bonds. The van der Waals surface area contributed by atoms with Crippen LogP contribution >= 0.6 is 0 Å². The number of nitrogens with two attached hydrogens (primary N) is 1. The van der Waals surface area contributed by atoms with Crippen LogP contribution in [0.5, 0.6) is 0 Å². The Morgan fingerprint density at radius 2 is 1.90 bits per heavy atom. The number of halogens is 3. The van der Waals surface area contributed by atoms with Crippen molar-refractivity contribution in [2.24, 2.45) is 0 Å². The lowest BCUT2D eigenvalue weighted by Crippen LogP contribution is -2.15. The molecule has 5 nitrogen and oxygen atoms in total. The average molecular weight is 317 g/mol. The monoisotopic (exact) mass is 317 g/mol. The number of alkyl halides is 3. The van der Waals surface area contributed by atoms with E-state index in [9.17, 15) is 21.6 Å². The van der Waals surface area contributed by atoms with Crippen molar-refractivity contribution in [2.75, 3.05) is 10.5 Å².